The van der Waals surface area contributed by atoms with Crippen LogP contribution in [0.15, 0.2) is 21.7 Å². The van der Waals surface area contributed by atoms with Gasteiger partial charge in [-0.05, 0) is 61.8 Å². The molecule has 0 aliphatic rings. The summed E-state index contributed by atoms with van der Waals surface area (Å²) in [5.74, 6) is 0. The Morgan fingerprint density at radius 2 is 0.825 bits per heavy atom. The van der Waals surface area contributed by atoms with Crippen LogP contribution in [0.1, 0.15) is 177 Å². The maximum atomic E-state index is 14.6. The topological polar surface area (TPSA) is 68.7 Å². The summed E-state index contributed by atoms with van der Waals surface area (Å²) in [7, 11) is 0. The van der Waals surface area contributed by atoms with Crippen LogP contribution < -0.4 is 11.1 Å². The number of aromatic nitrogens is 4. The minimum absolute atomic E-state index is 0.0440. The molecule has 1 aromatic carbocycles. The van der Waals surface area contributed by atoms with E-state index in [4.69, 9.17) is 9.97 Å². The number of nitrogens with zero attached hydrogens (tertiary/aromatic N) is 4. The average molecular weight is 823 g/mol. The number of benzene rings is 1. The predicted molar refractivity (Wildman–Crippen MR) is 250 cm³/mol. The number of pyridine rings is 2. The van der Waals surface area contributed by atoms with E-state index in [0.717, 1.165) is 79.2 Å². The van der Waals surface area contributed by atoms with Crippen molar-refractivity contribution in [2.75, 3.05) is 0 Å². The molecule has 0 amide bonds. The van der Waals surface area contributed by atoms with Crippen molar-refractivity contribution < 1.29 is 0 Å². The highest BCUT2D eigenvalue weighted by Crippen LogP contribution is 2.43. The van der Waals surface area contributed by atoms with E-state index >= 15 is 0 Å². The molecule has 8 rings (SSSR count). The lowest BCUT2D eigenvalue weighted by Crippen LogP contribution is -2.13. The van der Waals surface area contributed by atoms with E-state index in [1.54, 1.807) is 22.7 Å². The van der Waals surface area contributed by atoms with Gasteiger partial charge < -0.3 is 0 Å². The molecule has 7 heterocycles. The van der Waals surface area contributed by atoms with Gasteiger partial charge in [0.05, 0.1) is 11.0 Å². The van der Waals surface area contributed by atoms with Crippen LogP contribution in [0.4, 0.5) is 0 Å². The van der Waals surface area contributed by atoms with Gasteiger partial charge in [-0.3, -0.25) is 18.4 Å². The van der Waals surface area contributed by atoms with Crippen molar-refractivity contribution in [1.82, 2.24) is 18.8 Å². The first kappa shape index (κ1) is 40.6. The first-order chi connectivity index (χ1) is 28.0. The van der Waals surface area contributed by atoms with Crippen LogP contribution in [0.25, 0.3) is 62.9 Å². The molecule has 0 spiro atoms. The lowest BCUT2D eigenvalue weighted by atomic mass is 10.0. The normalized spacial score (nSPS) is 12.6. The molecule has 0 N–H and O–H groups in total. The Labute approximate surface area is 349 Å². The summed E-state index contributed by atoms with van der Waals surface area (Å²) in [5, 5.41) is 3.68. The van der Waals surface area contributed by atoms with Gasteiger partial charge >= 0.3 is 0 Å². The summed E-state index contributed by atoms with van der Waals surface area (Å²) < 4.78 is 5.09. The second kappa shape index (κ2) is 18.4. The van der Waals surface area contributed by atoms with Crippen molar-refractivity contribution in [1.29, 1.82) is 0 Å². The smallest absolute Gasteiger partial charge is 0.267 e. The van der Waals surface area contributed by atoms with Gasteiger partial charge in [0.2, 0.25) is 0 Å². The molecular formula is C48H62N4O2S3. The van der Waals surface area contributed by atoms with Gasteiger partial charge in [-0.25, -0.2) is 9.97 Å². The van der Waals surface area contributed by atoms with Gasteiger partial charge in [0.25, 0.3) is 11.1 Å². The van der Waals surface area contributed by atoms with Crippen LogP contribution in [-0.4, -0.2) is 18.8 Å². The Morgan fingerprint density at radius 1 is 0.474 bits per heavy atom. The summed E-state index contributed by atoms with van der Waals surface area (Å²) in [6, 6.07) is 4.26. The minimum Gasteiger partial charge on any atom is -0.267 e. The molecule has 9 heteroatoms. The maximum absolute atomic E-state index is 14.6. The minimum atomic E-state index is -0.0440. The first-order valence-corrected chi connectivity index (χ1v) is 25.2. The van der Waals surface area contributed by atoms with E-state index in [0.29, 0.717) is 9.40 Å². The molecule has 0 atom stereocenters. The van der Waals surface area contributed by atoms with Crippen molar-refractivity contribution in [3.63, 3.8) is 0 Å². The second-order valence-electron chi connectivity index (χ2n) is 16.7. The number of unbranched alkanes of at least 4 members (excludes halogenated alkanes) is 18. The third-order valence-electron chi connectivity index (χ3n) is 12.7. The number of imidazole rings is 2. The van der Waals surface area contributed by atoms with Crippen LogP contribution in [0.2, 0.25) is 0 Å². The van der Waals surface area contributed by atoms with E-state index in [9.17, 15) is 9.59 Å². The van der Waals surface area contributed by atoms with E-state index in [1.165, 1.54) is 161 Å². The van der Waals surface area contributed by atoms with Crippen molar-refractivity contribution in [2.45, 2.75) is 182 Å². The fourth-order valence-corrected chi connectivity index (χ4v) is 13.4. The lowest BCUT2D eigenvalue weighted by molar-refractivity contribution is 0.556. The van der Waals surface area contributed by atoms with Gasteiger partial charge in [0, 0.05) is 31.3 Å². The molecule has 0 aliphatic heterocycles. The summed E-state index contributed by atoms with van der Waals surface area (Å²) in [6.45, 7) is 8.97. The van der Waals surface area contributed by atoms with Gasteiger partial charge in [0.15, 0.2) is 0 Å². The molecule has 0 fully saturated rings. The van der Waals surface area contributed by atoms with Crippen molar-refractivity contribution in [3.8, 4) is 0 Å². The highest BCUT2D eigenvalue weighted by atomic mass is 32.1. The van der Waals surface area contributed by atoms with E-state index in [1.807, 2.05) is 8.80 Å². The van der Waals surface area contributed by atoms with E-state index in [-0.39, 0.29) is 11.1 Å². The lowest BCUT2D eigenvalue weighted by Gasteiger charge is -2.07. The SMILES string of the molecule is CCCCCCCCCCCCc1sc2nc3c4ccc5c6c(sc(c(=O)n3c2c1CC)c46)c(=O)n1c5nc2sc(CCCCCCCCCCCC)c(CC)c21. The quantitative estimate of drug-likeness (QED) is 0.0450. The molecule has 0 radical (unpaired) electrons. The monoisotopic (exact) mass is 822 g/mol. The maximum Gasteiger partial charge on any atom is 0.274 e. The Hall–Kier alpha value is -3.14. The Balaban J connectivity index is 1.06. The van der Waals surface area contributed by atoms with Crippen LogP contribution in [-0.2, 0) is 25.7 Å². The summed E-state index contributed by atoms with van der Waals surface area (Å²) >= 11 is 4.94. The second-order valence-corrected chi connectivity index (χ2v) is 19.9. The molecule has 0 saturated carbocycles. The first-order valence-electron chi connectivity index (χ1n) is 22.8. The molecule has 0 unspecified atom stereocenters. The zero-order chi connectivity index (χ0) is 39.5. The average Bonchev–Trinajstić information content (AvgIpc) is 4.03. The van der Waals surface area contributed by atoms with E-state index in [2.05, 4.69) is 39.8 Å². The number of fused-ring (bicyclic) bond motifs is 8. The molecule has 0 aliphatic carbocycles. The standard InChI is InChI=1S/C48H62N4O2S3/c1-5-9-11-13-15-17-19-21-23-25-27-35-31(7-3)39-45(55-35)49-43-33-29-30-34-38-37(33)41(47(53)51(39)43)57-42(38)48(54)52-40-32(8-4)36(56-46(40)50-44(34)52)28-26-24-22-20-18-16-14-12-10-6-2/h29-30H,5-28H2,1-4H3. The number of hydrogen-bond acceptors (Lipinski definition) is 7. The Bertz CT molecular complexity index is 2530. The van der Waals surface area contributed by atoms with Gasteiger partial charge in [-0.1, -0.05) is 143 Å². The zero-order valence-electron chi connectivity index (χ0n) is 35.0. The number of aryl methyl sites for hydroxylation is 4. The van der Waals surface area contributed by atoms with Crippen LogP contribution in [0, 0.1) is 0 Å². The molecule has 7 aromatic heterocycles. The van der Waals surface area contributed by atoms with E-state index < -0.39 is 0 Å². The molecule has 0 bridgehead atoms. The highest BCUT2D eigenvalue weighted by Gasteiger charge is 2.28. The van der Waals surface area contributed by atoms with Gasteiger partial charge in [0.1, 0.15) is 30.4 Å². The van der Waals surface area contributed by atoms with Crippen LogP contribution in [0.3, 0.4) is 0 Å². The van der Waals surface area contributed by atoms with Gasteiger partial charge in [-0.2, -0.15) is 0 Å². The Kier molecular flexibility index (Phi) is 13.1. The molecule has 8 aromatic rings. The summed E-state index contributed by atoms with van der Waals surface area (Å²) in [5.41, 5.74) is 5.86. The number of rotatable bonds is 24. The van der Waals surface area contributed by atoms with Crippen LogP contribution in [0.5, 0.6) is 0 Å². The molecule has 6 nitrogen and oxygen atoms in total. The molecule has 304 valence electrons. The van der Waals surface area contributed by atoms with Crippen molar-refractivity contribution in [3.05, 3.63) is 53.7 Å². The molecular weight excluding hydrogens is 761 g/mol. The van der Waals surface area contributed by atoms with Crippen molar-refractivity contribution in [2.24, 2.45) is 0 Å². The third kappa shape index (κ3) is 7.63. The molecule has 0 saturated heterocycles. The predicted octanol–water partition coefficient (Wildman–Crippen LogP) is 14.6. The number of hydrogen-bond donors (Lipinski definition) is 0. The number of thiophene rings is 3. The van der Waals surface area contributed by atoms with Crippen LogP contribution >= 0.6 is 34.0 Å². The molecule has 57 heavy (non-hydrogen) atoms. The fraction of sp³-hybridized carbons (Fsp3) is 0.583. The third-order valence-corrected chi connectivity index (χ3v) is 16.3. The summed E-state index contributed by atoms with van der Waals surface area (Å²) in [4.78, 5) is 44.3. The summed E-state index contributed by atoms with van der Waals surface area (Å²) in [6.07, 6.45) is 30.4. The van der Waals surface area contributed by atoms with Gasteiger partial charge in [-0.15, -0.1) is 34.0 Å². The fourth-order valence-electron chi connectivity index (χ4n) is 9.68. The highest BCUT2D eigenvalue weighted by molar-refractivity contribution is 7.26. The Morgan fingerprint density at radius 3 is 1.18 bits per heavy atom. The largest absolute Gasteiger partial charge is 0.274 e. The zero-order valence-corrected chi connectivity index (χ0v) is 37.4. The van der Waals surface area contributed by atoms with Crippen molar-refractivity contribution >= 4 is 96.9 Å².